The van der Waals surface area contributed by atoms with E-state index in [0.717, 1.165) is 0 Å². The second-order valence-electron chi connectivity index (χ2n) is 2.51. The van der Waals surface area contributed by atoms with E-state index in [1.54, 1.807) is 0 Å². The van der Waals surface area contributed by atoms with Gasteiger partial charge in [-0.2, -0.15) is 0 Å². The zero-order chi connectivity index (χ0) is 10.0. The van der Waals surface area contributed by atoms with E-state index in [0.29, 0.717) is 28.5 Å². The molecular weight excluding hydrogens is 211 g/mol. The number of halogens is 2. The van der Waals surface area contributed by atoms with E-state index in [1.165, 1.54) is 0 Å². The van der Waals surface area contributed by atoms with Crippen molar-refractivity contribution in [2.45, 2.75) is 11.8 Å². The summed E-state index contributed by atoms with van der Waals surface area (Å²) in [6, 6.07) is 0. The van der Waals surface area contributed by atoms with E-state index < -0.39 is 0 Å². The minimum atomic E-state index is 0.195. The molecule has 0 aliphatic carbocycles. The summed E-state index contributed by atoms with van der Waals surface area (Å²) in [5, 5.41) is 0. The van der Waals surface area contributed by atoms with Crippen molar-refractivity contribution in [2.24, 2.45) is 0 Å². The summed E-state index contributed by atoms with van der Waals surface area (Å²) < 4.78 is 0. The van der Waals surface area contributed by atoms with Crippen molar-refractivity contribution in [3.8, 4) is 0 Å². The van der Waals surface area contributed by atoms with Crippen molar-refractivity contribution in [3.05, 3.63) is 11.4 Å². The van der Waals surface area contributed by atoms with Crippen LogP contribution in [0.5, 0.6) is 0 Å². The van der Waals surface area contributed by atoms with Gasteiger partial charge in [0.1, 0.15) is 0 Å². The van der Waals surface area contributed by atoms with Gasteiger partial charge in [0.25, 0.3) is 0 Å². The van der Waals surface area contributed by atoms with Gasteiger partial charge in [0.15, 0.2) is 0 Å². The Morgan fingerprint density at radius 1 is 0.846 bits per heavy atom. The van der Waals surface area contributed by atoms with Crippen molar-refractivity contribution in [1.82, 2.24) is 4.98 Å². The van der Waals surface area contributed by atoms with Gasteiger partial charge in [-0.3, -0.25) is 4.98 Å². The van der Waals surface area contributed by atoms with E-state index in [2.05, 4.69) is 4.98 Å². The maximum absolute atomic E-state index is 5.63. The van der Waals surface area contributed by atoms with E-state index in [9.17, 15) is 0 Å². The summed E-state index contributed by atoms with van der Waals surface area (Å²) in [5.41, 5.74) is 18.9. The van der Waals surface area contributed by atoms with E-state index in [1.807, 2.05) is 0 Å². The number of anilines is 3. The Kier molecular flexibility index (Phi) is 3.06. The molecule has 1 heterocycles. The van der Waals surface area contributed by atoms with Crippen LogP contribution in [0.4, 0.5) is 17.1 Å². The first-order chi connectivity index (χ1) is 6.11. The van der Waals surface area contributed by atoms with Crippen molar-refractivity contribution >= 4 is 40.3 Å². The highest BCUT2D eigenvalue weighted by atomic mass is 35.5. The molecule has 1 aromatic heterocycles. The average molecular weight is 221 g/mol. The van der Waals surface area contributed by atoms with Crippen LogP contribution in [0.25, 0.3) is 0 Å². The van der Waals surface area contributed by atoms with E-state index in [4.69, 9.17) is 40.4 Å². The van der Waals surface area contributed by atoms with Crippen LogP contribution in [0.3, 0.4) is 0 Å². The first-order valence-corrected chi connectivity index (χ1v) is 4.62. The van der Waals surface area contributed by atoms with Gasteiger partial charge in [-0.1, -0.05) is 0 Å². The molecule has 6 heteroatoms. The molecule has 0 fully saturated rings. The summed E-state index contributed by atoms with van der Waals surface area (Å²) in [4.78, 5) is 4.08. The topological polar surface area (TPSA) is 90.9 Å². The minimum absolute atomic E-state index is 0.195. The van der Waals surface area contributed by atoms with Gasteiger partial charge in [-0.25, -0.2) is 0 Å². The Balaban J connectivity index is 3.36. The van der Waals surface area contributed by atoms with Crippen LogP contribution >= 0.6 is 23.2 Å². The van der Waals surface area contributed by atoms with Gasteiger partial charge >= 0.3 is 0 Å². The number of pyridine rings is 1. The number of rotatable bonds is 2. The Hall–Kier alpha value is -0.870. The predicted octanol–water partition coefficient (Wildman–Crippen LogP) is 1.31. The second-order valence-corrected chi connectivity index (χ2v) is 3.05. The summed E-state index contributed by atoms with van der Waals surface area (Å²) in [6.07, 6.45) is 0. The van der Waals surface area contributed by atoms with Gasteiger partial charge in [-0.05, 0) is 0 Å². The highest BCUT2D eigenvalue weighted by Crippen LogP contribution is 2.29. The highest BCUT2D eigenvalue weighted by molar-refractivity contribution is 6.18. The third-order valence-electron chi connectivity index (χ3n) is 1.73. The fourth-order valence-corrected chi connectivity index (χ4v) is 1.35. The summed E-state index contributed by atoms with van der Waals surface area (Å²) in [7, 11) is 0. The largest absolute Gasteiger partial charge is 0.395 e. The molecule has 0 unspecified atom stereocenters. The number of nitrogen functional groups attached to an aromatic ring is 3. The molecule has 0 aliphatic rings. The molecule has 4 nitrogen and oxygen atoms in total. The Labute approximate surface area is 86.0 Å². The smallest absolute Gasteiger partial charge is 0.0820 e. The Morgan fingerprint density at radius 3 is 1.54 bits per heavy atom. The van der Waals surface area contributed by atoms with Crippen LogP contribution in [0.1, 0.15) is 11.4 Å². The summed E-state index contributed by atoms with van der Waals surface area (Å²) in [5.74, 6) is 0.389. The quantitative estimate of drug-likeness (QED) is 0.656. The Bertz CT molecular complexity index is 299. The first kappa shape index (κ1) is 10.2. The van der Waals surface area contributed by atoms with Gasteiger partial charge in [-0.15, -0.1) is 23.2 Å². The molecule has 1 rings (SSSR count). The van der Waals surface area contributed by atoms with Crippen molar-refractivity contribution in [1.29, 1.82) is 0 Å². The van der Waals surface area contributed by atoms with Crippen LogP contribution < -0.4 is 17.2 Å². The lowest BCUT2D eigenvalue weighted by atomic mass is 10.2. The molecule has 13 heavy (non-hydrogen) atoms. The zero-order valence-electron chi connectivity index (χ0n) is 6.85. The molecule has 0 bridgehead atoms. The fourth-order valence-electron chi connectivity index (χ4n) is 0.943. The third kappa shape index (κ3) is 1.73. The van der Waals surface area contributed by atoms with Crippen molar-refractivity contribution in [3.63, 3.8) is 0 Å². The first-order valence-electron chi connectivity index (χ1n) is 3.55. The fraction of sp³-hybridized carbons (Fsp3) is 0.286. The molecule has 0 saturated carbocycles. The monoisotopic (exact) mass is 220 g/mol. The molecular formula is C7H10Cl2N4. The van der Waals surface area contributed by atoms with Gasteiger partial charge in [0, 0.05) is 0 Å². The number of nitrogens with zero attached hydrogens (tertiary/aromatic N) is 1. The minimum Gasteiger partial charge on any atom is -0.395 e. The molecule has 0 spiro atoms. The average Bonchev–Trinajstić information content (AvgIpc) is 2.15. The normalized spacial score (nSPS) is 10.3. The van der Waals surface area contributed by atoms with Crippen LogP contribution in [-0.4, -0.2) is 4.98 Å². The Morgan fingerprint density at radius 2 is 1.23 bits per heavy atom. The van der Waals surface area contributed by atoms with Gasteiger partial charge in [0.2, 0.25) is 0 Å². The second kappa shape index (κ2) is 3.89. The lowest BCUT2D eigenvalue weighted by Gasteiger charge is -2.10. The maximum Gasteiger partial charge on any atom is 0.0820 e. The number of nitrogens with two attached hydrogens (primary N) is 3. The molecule has 0 saturated heterocycles. The van der Waals surface area contributed by atoms with Gasteiger partial charge in [0.05, 0.1) is 40.2 Å². The third-order valence-corrected chi connectivity index (χ3v) is 2.23. The number of aromatic nitrogens is 1. The molecule has 0 atom stereocenters. The predicted molar refractivity (Wildman–Crippen MR) is 56.6 cm³/mol. The maximum atomic E-state index is 5.63. The lowest BCUT2D eigenvalue weighted by Crippen LogP contribution is -2.08. The summed E-state index contributed by atoms with van der Waals surface area (Å²) in [6.45, 7) is 0. The molecule has 0 radical (unpaired) electrons. The standard InChI is InChI=1S/C7H10Cl2N4/c8-1-3-5(10)7(12)6(11)4(2-9)13-3/h1-2,10-11H2,(H2,12,13). The van der Waals surface area contributed by atoms with Crippen molar-refractivity contribution < 1.29 is 0 Å². The lowest BCUT2D eigenvalue weighted by molar-refractivity contribution is 1.10. The van der Waals surface area contributed by atoms with Gasteiger partial charge < -0.3 is 17.2 Å². The molecule has 0 aromatic carbocycles. The molecule has 0 aliphatic heterocycles. The van der Waals surface area contributed by atoms with Crippen LogP contribution in [0, 0.1) is 0 Å². The molecule has 0 amide bonds. The number of hydrogen-bond acceptors (Lipinski definition) is 4. The van der Waals surface area contributed by atoms with Crippen LogP contribution in [0.15, 0.2) is 0 Å². The number of alkyl halides is 2. The van der Waals surface area contributed by atoms with Crippen LogP contribution in [-0.2, 0) is 11.8 Å². The zero-order valence-corrected chi connectivity index (χ0v) is 8.36. The van der Waals surface area contributed by atoms with E-state index >= 15 is 0 Å². The highest BCUT2D eigenvalue weighted by Gasteiger charge is 2.11. The molecule has 1 aromatic rings. The van der Waals surface area contributed by atoms with Crippen LogP contribution in [0.2, 0.25) is 0 Å². The SMILES string of the molecule is Nc1c(CCl)nc(CCl)c(N)c1N. The molecule has 6 N–H and O–H groups in total. The molecule has 72 valence electrons. The van der Waals surface area contributed by atoms with E-state index in [-0.39, 0.29) is 11.8 Å². The summed E-state index contributed by atoms with van der Waals surface area (Å²) >= 11 is 11.2. The van der Waals surface area contributed by atoms with Crippen molar-refractivity contribution in [2.75, 3.05) is 17.2 Å². The number of hydrogen-bond donors (Lipinski definition) is 3.